The predicted molar refractivity (Wildman–Crippen MR) is 70.6 cm³/mol. The molecule has 0 saturated carbocycles. The van der Waals surface area contributed by atoms with Crippen LogP contribution < -0.4 is 10.1 Å². The largest absolute Gasteiger partial charge is 0.482 e. The van der Waals surface area contributed by atoms with E-state index in [0.717, 1.165) is 30.8 Å². The van der Waals surface area contributed by atoms with Crippen molar-refractivity contribution in [1.82, 2.24) is 5.32 Å². The van der Waals surface area contributed by atoms with E-state index in [1.165, 1.54) is 0 Å². The topological polar surface area (TPSA) is 47.6 Å². The molecule has 0 saturated heterocycles. The van der Waals surface area contributed by atoms with Crippen LogP contribution in [0.1, 0.15) is 25.8 Å². The molecule has 4 heteroatoms. The molecule has 0 aromatic heterocycles. The van der Waals surface area contributed by atoms with Gasteiger partial charge >= 0.3 is 5.97 Å². The Morgan fingerprint density at radius 3 is 2.78 bits per heavy atom. The molecular formula is C14H21NO3. The van der Waals surface area contributed by atoms with Gasteiger partial charge in [-0.3, -0.25) is 0 Å². The third kappa shape index (κ3) is 5.19. The highest BCUT2D eigenvalue weighted by Gasteiger charge is 2.06. The molecule has 1 aromatic rings. The first-order chi connectivity index (χ1) is 8.77. The normalized spacial score (nSPS) is 10.1. The second-order valence-corrected chi connectivity index (χ2v) is 3.88. The number of nitrogens with one attached hydrogen (secondary N) is 1. The number of hydrogen-bond donors (Lipinski definition) is 1. The van der Waals surface area contributed by atoms with Crippen molar-refractivity contribution in [3.63, 3.8) is 0 Å². The van der Waals surface area contributed by atoms with Crippen LogP contribution in [0, 0.1) is 0 Å². The number of ether oxygens (including phenoxy) is 2. The minimum atomic E-state index is -0.339. The number of benzene rings is 1. The molecule has 0 aliphatic rings. The summed E-state index contributed by atoms with van der Waals surface area (Å²) < 4.78 is 10.3. The van der Waals surface area contributed by atoms with Crippen molar-refractivity contribution in [3.8, 4) is 5.75 Å². The summed E-state index contributed by atoms with van der Waals surface area (Å²) >= 11 is 0. The standard InChI is InChI=1S/C14H21NO3/c1-3-9-15-10-12-7-5-6-8-13(12)18-11-14(16)17-4-2/h5-8,15H,3-4,9-11H2,1-2H3. The van der Waals surface area contributed by atoms with Gasteiger partial charge in [-0.2, -0.15) is 0 Å². The van der Waals surface area contributed by atoms with E-state index in [9.17, 15) is 4.79 Å². The van der Waals surface area contributed by atoms with E-state index in [-0.39, 0.29) is 12.6 Å². The van der Waals surface area contributed by atoms with Crippen LogP contribution in [0.25, 0.3) is 0 Å². The molecule has 0 fully saturated rings. The van der Waals surface area contributed by atoms with Gasteiger partial charge in [-0.15, -0.1) is 0 Å². The van der Waals surface area contributed by atoms with Crippen LogP contribution in [0.15, 0.2) is 24.3 Å². The van der Waals surface area contributed by atoms with Crippen molar-refractivity contribution in [2.24, 2.45) is 0 Å². The average Bonchev–Trinajstić information content (AvgIpc) is 2.38. The number of para-hydroxylation sites is 1. The van der Waals surface area contributed by atoms with E-state index in [4.69, 9.17) is 9.47 Å². The first-order valence-corrected chi connectivity index (χ1v) is 6.35. The Labute approximate surface area is 108 Å². The Balaban J connectivity index is 2.50. The van der Waals surface area contributed by atoms with Crippen LogP contribution in [0.5, 0.6) is 5.75 Å². The van der Waals surface area contributed by atoms with E-state index in [1.54, 1.807) is 6.92 Å². The van der Waals surface area contributed by atoms with E-state index >= 15 is 0 Å². The fourth-order valence-corrected chi connectivity index (χ4v) is 1.53. The van der Waals surface area contributed by atoms with Gasteiger partial charge in [0.05, 0.1) is 6.61 Å². The van der Waals surface area contributed by atoms with Gasteiger partial charge in [-0.25, -0.2) is 4.79 Å². The summed E-state index contributed by atoms with van der Waals surface area (Å²) in [5.41, 5.74) is 1.05. The van der Waals surface area contributed by atoms with Crippen LogP contribution in [0.3, 0.4) is 0 Å². The van der Waals surface area contributed by atoms with Gasteiger partial charge in [0.15, 0.2) is 6.61 Å². The summed E-state index contributed by atoms with van der Waals surface area (Å²) in [6, 6.07) is 7.70. The van der Waals surface area contributed by atoms with Crippen LogP contribution in [0.4, 0.5) is 0 Å². The van der Waals surface area contributed by atoms with E-state index < -0.39 is 0 Å². The smallest absolute Gasteiger partial charge is 0.344 e. The monoisotopic (exact) mass is 251 g/mol. The summed E-state index contributed by atoms with van der Waals surface area (Å²) in [5, 5.41) is 3.31. The number of hydrogen-bond acceptors (Lipinski definition) is 4. The summed E-state index contributed by atoms with van der Waals surface area (Å²) in [6.45, 7) is 5.94. The quantitative estimate of drug-likeness (QED) is 0.568. The molecular weight excluding hydrogens is 230 g/mol. The van der Waals surface area contributed by atoms with Crippen LogP contribution in [0.2, 0.25) is 0 Å². The van der Waals surface area contributed by atoms with Gasteiger partial charge in [-0.1, -0.05) is 25.1 Å². The van der Waals surface area contributed by atoms with Crippen molar-refractivity contribution >= 4 is 5.97 Å². The summed E-state index contributed by atoms with van der Waals surface area (Å²) in [7, 11) is 0. The molecule has 0 atom stereocenters. The lowest BCUT2D eigenvalue weighted by molar-refractivity contribution is -0.145. The second-order valence-electron chi connectivity index (χ2n) is 3.88. The molecule has 0 aliphatic carbocycles. The number of carbonyl (C=O) groups excluding carboxylic acids is 1. The van der Waals surface area contributed by atoms with Gasteiger partial charge in [0, 0.05) is 12.1 Å². The Morgan fingerprint density at radius 2 is 2.06 bits per heavy atom. The lowest BCUT2D eigenvalue weighted by atomic mass is 10.2. The molecule has 18 heavy (non-hydrogen) atoms. The van der Waals surface area contributed by atoms with Crippen LogP contribution >= 0.6 is 0 Å². The van der Waals surface area contributed by atoms with E-state index in [1.807, 2.05) is 24.3 Å². The maximum atomic E-state index is 11.2. The molecule has 0 aliphatic heterocycles. The number of rotatable bonds is 8. The molecule has 0 unspecified atom stereocenters. The Morgan fingerprint density at radius 1 is 1.28 bits per heavy atom. The minimum absolute atomic E-state index is 0.0430. The fourth-order valence-electron chi connectivity index (χ4n) is 1.53. The Bertz CT molecular complexity index is 366. The van der Waals surface area contributed by atoms with Gasteiger partial charge in [0.1, 0.15) is 5.75 Å². The lowest BCUT2D eigenvalue weighted by Gasteiger charge is -2.11. The number of carbonyl (C=O) groups is 1. The molecule has 0 amide bonds. The molecule has 100 valence electrons. The zero-order chi connectivity index (χ0) is 13.2. The zero-order valence-corrected chi connectivity index (χ0v) is 11.1. The summed E-state index contributed by atoms with van der Waals surface area (Å²) in [5.74, 6) is 0.392. The Hall–Kier alpha value is -1.55. The lowest BCUT2D eigenvalue weighted by Crippen LogP contribution is -2.17. The molecule has 0 heterocycles. The van der Waals surface area contributed by atoms with E-state index in [0.29, 0.717) is 6.61 Å². The molecule has 1 N–H and O–H groups in total. The average molecular weight is 251 g/mol. The Kier molecular flexibility index (Phi) is 6.87. The third-order valence-electron chi connectivity index (χ3n) is 2.37. The van der Waals surface area contributed by atoms with Crippen molar-refractivity contribution in [2.75, 3.05) is 19.8 Å². The van der Waals surface area contributed by atoms with Gasteiger partial charge in [-0.05, 0) is 26.0 Å². The van der Waals surface area contributed by atoms with Crippen molar-refractivity contribution in [3.05, 3.63) is 29.8 Å². The maximum absolute atomic E-state index is 11.2. The minimum Gasteiger partial charge on any atom is -0.482 e. The molecule has 0 spiro atoms. The highest BCUT2D eigenvalue weighted by Crippen LogP contribution is 2.17. The summed E-state index contributed by atoms with van der Waals surface area (Å²) in [4.78, 5) is 11.2. The molecule has 0 radical (unpaired) electrons. The van der Waals surface area contributed by atoms with Crippen molar-refractivity contribution in [1.29, 1.82) is 0 Å². The van der Waals surface area contributed by atoms with Gasteiger partial charge < -0.3 is 14.8 Å². The molecule has 4 nitrogen and oxygen atoms in total. The number of esters is 1. The zero-order valence-electron chi connectivity index (χ0n) is 11.1. The van der Waals surface area contributed by atoms with Crippen LogP contribution in [-0.2, 0) is 16.1 Å². The van der Waals surface area contributed by atoms with Gasteiger partial charge in [0.25, 0.3) is 0 Å². The van der Waals surface area contributed by atoms with Crippen LogP contribution in [-0.4, -0.2) is 25.7 Å². The van der Waals surface area contributed by atoms with E-state index in [2.05, 4.69) is 12.2 Å². The predicted octanol–water partition coefficient (Wildman–Crippen LogP) is 2.13. The SMILES string of the molecule is CCCNCc1ccccc1OCC(=O)OCC. The second kappa shape index (κ2) is 8.53. The fraction of sp³-hybridized carbons (Fsp3) is 0.500. The highest BCUT2D eigenvalue weighted by molar-refractivity contribution is 5.71. The van der Waals surface area contributed by atoms with Gasteiger partial charge in [0.2, 0.25) is 0 Å². The first kappa shape index (κ1) is 14.5. The first-order valence-electron chi connectivity index (χ1n) is 6.35. The maximum Gasteiger partial charge on any atom is 0.344 e. The highest BCUT2D eigenvalue weighted by atomic mass is 16.6. The van der Waals surface area contributed by atoms with Crippen molar-refractivity contribution in [2.45, 2.75) is 26.8 Å². The van der Waals surface area contributed by atoms with Crippen molar-refractivity contribution < 1.29 is 14.3 Å². The molecule has 1 rings (SSSR count). The third-order valence-corrected chi connectivity index (χ3v) is 2.37. The molecule has 0 bridgehead atoms. The molecule has 1 aromatic carbocycles. The summed E-state index contributed by atoms with van der Waals surface area (Å²) in [6.07, 6.45) is 1.09.